The van der Waals surface area contributed by atoms with E-state index in [1.807, 2.05) is 6.92 Å². The largest absolute Gasteiger partial charge is 0.382 e. The van der Waals surface area contributed by atoms with Gasteiger partial charge in [0.1, 0.15) is 0 Å². The van der Waals surface area contributed by atoms with Gasteiger partial charge >= 0.3 is 0 Å². The highest BCUT2D eigenvalue weighted by atomic mass is 16.5. The number of hydrogen-bond acceptors (Lipinski definition) is 3. The molecule has 0 aliphatic heterocycles. The molecule has 0 bridgehead atoms. The third-order valence-corrected chi connectivity index (χ3v) is 1.26. The molecule has 0 spiro atoms. The highest BCUT2D eigenvalue weighted by Crippen LogP contribution is 1.93. The molecule has 0 aromatic carbocycles. The minimum atomic E-state index is 0.264. The van der Waals surface area contributed by atoms with Crippen molar-refractivity contribution in [2.45, 2.75) is 19.4 Å². The van der Waals surface area contributed by atoms with Gasteiger partial charge in [-0.3, -0.25) is 0 Å². The lowest BCUT2D eigenvalue weighted by Gasteiger charge is -2.10. The summed E-state index contributed by atoms with van der Waals surface area (Å²) >= 11 is 0. The van der Waals surface area contributed by atoms with Gasteiger partial charge in [-0.25, -0.2) is 0 Å². The molecule has 0 aliphatic carbocycles. The fourth-order valence-electron chi connectivity index (χ4n) is 0.651. The van der Waals surface area contributed by atoms with E-state index in [0.717, 1.165) is 6.42 Å². The molecular weight excluding hydrogens is 130 g/mol. The van der Waals surface area contributed by atoms with Crippen LogP contribution in [0.4, 0.5) is 0 Å². The van der Waals surface area contributed by atoms with Gasteiger partial charge in [0, 0.05) is 7.11 Å². The Morgan fingerprint density at radius 2 is 2.10 bits per heavy atom. The van der Waals surface area contributed by atoms with Crippen molar-refractivity contribution < 1.29 is 9.47 Å². The molecule has 0 aromatic rings. The Hall–Kier alpha value is -0.120. The summed E-state index contributed by atoms with van der Waals surface area (Å²) in [6.07, 6.45) is 1.18. The van der Waals surface area contributed by atoms with Crippen LogP contribution in [-0.4, -0.2) is 33.0 Å². The predicted molar refractivity (Wildman–Crippen MR) is 41.0 cm³/mol. The van der Waals surface area contributed by atoms with Crippen molar-refractivity contribution in [3.63, 3.8) is 0 Å². The molecule has 0 aliphatic rings. The Morgan fingerprint density at radius 1 is 1.40 bits per heavy atom. The van der Waals surface area contributed by atoms with Crippen molar-refractivity contribution in [1.29, 1.82) is 0 Å². The third-order valence-electron chi connectivity index (χ3n) is 1.26. The molecule has 0 heterocycles. The number of nitrogens with two attached hydrogens (primary N) is 1. The molecule has 3 nitrogen and oxygen atoms in total. The SMILES string of the molecule is COCCOC(C)CCN. The third kappa shape index (κ3) is 6.01. The van der Waals surface area contributed by atoms with Gasteiger partial charge in [-0.2, -0.15) is 0 Å². The van der Waals surface area contributed by atoms with Crippen LogP contribution in [-0.2, 0) is 9.47 Å². The molecule has 0 radical (unpaired) electrons. The molecule has 0 fully saturated rings. The highest BCUT2D eigenvalue weighted by molar-refractivity contribution is 4.49. The maximum atomic E-state index is 5.32. The van der Waals surface area contributed by atoms with Gasteiger partial charge in [-0.1, -0.05) is 0 Å². The number of hydrogen-bond donors (Lipinski definition) is 1. The van der Waals surface area contributed by atoms with Crippen molar-refractivity contribution >= 4 is 0 Å². The van der Waals surface area contributed by atoms with E-state index in [1.54, 1.807) is 7.11 Å². The van der Waals surface area contributed by atoms with E-state index in [9.17, 15) is 0 Å². The van der Waals surface area contributed by atoms with Gasteiger partial charge in [0.2, 0.25) is 0 Å². The summed E-state index contributed by atoms with van der Waals surface area (Å²) in [4.78, 5) is 0. The summed E-state index contributed by atoms with van der Waals surface area (Å²) in [6.45, 7) is 4.03. The Bertz CT molecular complexity index is 68.6. The Balaban J connectivity index is 2.97. The van der Waals surface area contributed by atoms with Gasteiger partial charge < -0.3 is 15.2 Å². The summed E-state index contributed by atoms with van der Waals surface area (Å²) < 4.78 is 10.1. The summed E-state index contributed by atoms with van der Waals surface area (Å²) in [5, 5.41) is 0. The van der Waals surface area contributed by atoms with Crippen LogP contribution in [0.3, 0.4) is 0 Å². The van der Waals surface area contributed by atoms with Crippen LogP contribution in [0.2, 0.25) is 0 Å². The molecule has 3 heteroatoms. The minimum Gasteiger partial charge on any atom is -0.382 e. The van der Waals surface area contributed by atoms with Crippen molar-refractivity contribution in [3.05, 3.63) is 0 Å². The molecule has 0 rings (SSSR count). The number of methoxy groups -OCH3 is 1. The average Bonchev–Trinajstić information content (AvgIpc) is 1.89. The molecule has 0 amide bonds. The first-order valence-electron chi connectivity index (χ1n) is 3.62. The normalized spacial score (nSPS) is 13.5. The van der Waals surface area contributed by atoms with E-state index in [-0.39, 0.29) is 6.10 Å². The summed E-state index contributed by atoms with van der Waals surface area (Å²) in [5.41, 5.74) is 5.32. The summed E-state index contributed by atoms with van der Waals surface area (Å²) in [6, 6.07) is 0. The van der Waals surface area contributed by atoms with Crippen LogP contribution < -0.4 is 5.73 Å². The molecule has 1 unspecified atom stereocenters. The van der Waals surface area contributed by atoms with E-state index in [4.69, 9.17) is 15.2 Å². The van der Waals surface area contributed by atoms with Crippen molar-refractivity contribution in [2.24, 2.45) is 5.73 Å². The highest BCUT2D eigenvalue weighted by Gasteiger charge is 1.98. The van der Waals surface area contributed by atoms with Gasteiger partial charge in [-0.05, 0) is 19.9 Å². The quantitative estimate of drug-likeness (QED) is 0.553. The molecule has 62 valence electrons. The van der Waals surface area contributed by atoms with Gasteiger partial charge in [0.25, 0.3) is 0 Å². The van der Waals surface area contributed by atoms with Crippen molar-refractivity contribution in [2.75, 3.05) is 26.9 Å². The van der Waals surface area contributed by atoms with E-state index in [0.29, 0.717) is 19.8 Å². The van der Waals surface area contributed by atoms with Gasteiger partial charge in [0.05, 0.1) is 19.3 Å². The van der Waals surface area contributed by atoms with Gasteiger partial charge in [-0.15, -0.1) is 0 Å². The second-order valence-corrected chi connectivity index (χ2v) is 2.25. The molecular formula is C7H17NO2. The smallest absolute Gasteiger partial charge is 0.0703 e. The molecule has 10 heavy (non-hydrogen) atoms. The first kappa shape index (κ1) is 9.88. The molecule has 0 saturated heterocycles. The molecule has 1 atom stereocenters. The number of ether oxygens (including phenoxy) is 2. The fraction of sp³-hybridized carbons (Fsp3) is 1.00. The van der Waals surface area contributed by atoms with Crippen molar-refractivity contribution in [1.82, 2.24) is 0 Å². The Labute approximate surface area is 62.5 Å². The van der Waals surface area contributed by atoms with Crippen LogP contribution in [0, 0.1) is 0 Å². The predicted octanol–water partition coefficient (Wildman–Crippen LogP) is 0.387. The van der Waals surface area contributed by atoms with E-state index in [1.165, 1.54) is 0 Å². The molecule has 0 aromatic heterocycles. The van der Waals surface area contributed by atoms with Crippen molar-refractivity contribution in [3.8, 4) is 0 Å². The first-order chi connectivity index (χ1) is 4.81. The summed E-state index contributed by atoms with van der Waals surface area (Å²) in [7, 11) is 1.66. The monoisotopic (exact) mass is 147 g/mol. The average molecular weight is 147 g/mol. The van der Waals surface area contributed by atoms with Crippen LogP contribution in [0.15, 0.2) is 0 Å². The second kappa shape index (κ2) is 6.99. The second-order valence-electron chi connectivity index (χ2n) is 2.25. The maximum absolute atomic E-state index is 5.32. The van der Waals surface area contributed by atoms with E-state index in [2.05, 4.69) is 0 Å². The van der Waals surface area contributed by atoms with Crippen LogP contribution in [0.5, 0.6) is 0 Å². The lowest BCUT2D eigenvalue weighted by molar-refractivity contribution is 0.0238. The zero-order chi connectivity index (χ0) is 7.82. The zero-order valence-corrected chi connectivity index (χ0v) is 6.80. The maximum Gasteiger partial charge on any atom is 0.0703 e. The van der Waals surface area contributed by atoms with Crippen LogP contribution in [0.1, 0.15) is 13.3 Å². The van der Waals surface area contributed by atoms with Crippen LogP contribution in [0.25, 0.3) is 0 Å². The number of rotatable bonds is 6. The first-order valence-corrected chi connectivity index (χ1v) is 3.62. The molecule has 0 saturated carbocycles. The lowest BCUT2D eigenvalue weighted by atomic mass is 10.3. The Morgan fingerprint density at radius 3 is 2.60 bits per heavy atom. The van der Waals surface area contributed by atoms with Gasteiger partial charge in [0.15, 0.2) is 0 Å². The van der Waals surface area contributed by atoms with E-state index < -0.39 is 0 Å². The topological polar surface area (TPSA) is 44.5 Å². The molecule has 2 N–H and O–H groups in total. The van der Waals surface area contributed by atoms with Crippen LogP contribution >= 0.6 is 0 Å². The standard InChI is InChI=1S/C7H17NO2/c1-7(3-4-8)10-6-5-9-2/h7H,3-6,8H2,1-2H3. The summed E-state index contributed by atoms with van der Waals surface area (Å²) in [5.74, 6) is 0. The lowest BCUT2D eigenvalue weighted by Crippen LogP contribution is -2.16. The minimum absolute atomic E-state index is 0.264. The fourth-order valence-corrected chi connectivity index (χ4v) is 0.651. The Kier molecular flexibility index (Phi) is 6.91. The van der Waals surface area contributed by atoms with E-state index >= 15 is 0 Å². The zero-order valence-electron chi connectivity index (χ0n) is 6.80.